The van der Waals surface area contributed by atoms with Gasteiger partial charge in [0.2, 0.25) is 0 Å². The van der Waals surface area contributed by atoms with Gasteiger partial charge in [0.1, 0.15) is 0 Å². The third-order valence-electron chi connectivity index (χ3n) is 2.33. The summed E-state index contributed by atoms with van der Waals surface area (Å²) < 4.78 is 1.09. The second-order valence-corrected chi connectivity index (χ2v) is 5.08. The molecule has 0 spiro atoms. The predicted molar refractivity (Wildman–Crippen MR) is 70.9 cm³/mol. The maximum absolute atomic E-state index is 5.89. The van der Waals surface area contributed by atoms with Crippen molar-refractivity contribution in [3.8, 4) is 11.1 Å². The van der Waals surface area contributed by atoms with Crippen LogP contribution in [-0.2, 0) is 6.42 Å². The molecule has 0 atom stereocenters. The molecule has 1 nitrogen and oxygen atoms in total. The summed E-state index contributed by atoms with van der Waals surface area (Å²) in [6.07, 6.45) is 0.737. The molecule has 1 radical (unpaired) electrons. The molecule has 3 heteroatoms. The standard InChI is InChI=1S/C12H11BrNS/c1-2-10-11(7-15-12(10)14)8-3-5-9(13)6-4-8/h3-7H,1-2,14H2. The third-order valence-corrected chi connectivity index (χ3v) is 3.71. The highest BCUT2D eigenvalue weighted by atomic mass is 79.9. The number of hydrogen-bond donors (Lipinski definition) is 1. The van der Waals surface area contributed by atoms with Gasteiger partial charge in [0.25, 0.3) is 0 Å². The number of thiophene rings is 1. The smallest absolute Gasteiger partial charge is 0.0895 e. The van der Waals surface area contributed by atoms with Crippen LogP contribution >= 0.6 is 27.3 Å². The SMILES string of the molecule is [CH2]Cc1c(-c2ccc(Br)cc2)csc1N. The average molecular weight is 281 g/mol. The molecule has 0 aliphatic carbocycles. The minimum atomic E-state index is 0.737. The molecule has 77 valence electrons. The number of halogens is 1. The molecule has 2 aromatic rings. The molecule has 15 heavy (non-hydrogen) atoms. The molecular formula is C12H11BrNS. The van der Waals surface area contributed by atoms with Crippen molar-refractivity contribution in [2.45, 2.75) is 6.42 Å². The monoisotopic (exact) mass is 280 g/mol. The number of nitrogens with two attached hydrogens (primary N) is 1. The Morgan fingerprint density at radius 3 is 2.53 bits per heavy atom. The zero-order valence-electron chi connectivity index (χ0n) is 8.16. The molecule has 0 amide bonds. The van der Waals surface area contributed by atoms with Gasteiger partial charge in [0.15, 0.2) is 0 Å². The Morgan fingerprint density at radius 1 is 1.27 bits per heavy atom. The van der Waals surface area contributed by atoms with Gasteiger partial charge in [-0.2, -0.15) is 0 Å². The van der Waals surface area contributed by atoms with E-state index in [1.54, 1.807) is 11.3 Å². The van der Waals surface area contributed by atoms with Crippen molar-refractivity contribution in [3.05, 3.63) is 46.6 Å². The summed E-state index contributed by atoms with van der Waals surface area (Å²) >= 11 is 5.01. The fraction of sp³-hybridized carbons (Fsp3) is 0.0833. The number of nitrogen functional groups attached to an aromatic ring is 1. The first-order chi connectivity index (χ1) is 7.22. The normalized spacial score (nSPS) is 10.5. The molecule has 0 saturated carbocycles. The van der Waals surface area contributed by atoms with Crippen molar-refractivity contribution in [1.29, 1.82) is 0 Å². The van der Waals surface area contributed by atoms with Gasteiger partial charge < -0.3 is 5.73 Å². The highest BCUT2D eigenvalue weighted by Crippen LogP contribution is 2.34. The summed E-state index contributed by atoms with van der Waals surface area (Å²) in [5, 5.41) is 2.97. The lowest BCUT2D eigenvalue weighted by atomic mass is 10.0. The lowest BCUT2D eigenvalue weighted by Gasteiger charge is -2.03. The van der Waals surface area contributed by atoms with E-state index in [1.165, 1.54) is 11.1 Å². The van der Waals surface area contributed by atoms with Crippen molar-refractivity contribution in [2.75, 3.05) is 5.73 Å². The molecule has 0 bridgehead atoms. The second-order valence-electron chi connectivity index (χ2n) is 3.25. The van der Waals surface area contributed by atoms with Crippen LogP contribution in [0.15, 0.2) is 34.1 Å². The van der Waals surface area contributed by atoms with Crippen LogP contribution in [0.5, 0.6) is 0 Å². The lowest BCUT2D eigenvalue weighted by molar-refractivity contribution is 1.30. The summed E-state index contributed by atoms with van der Waals surface area (Å²) in [5.74, 6) is 0. The fourth-order valence-corrected chi connectivity index (χ4v) is 2.67. The first-order valence-electron chi connectivity index (χ1n) is 4.63. The second kappa shape index (κ2) is 4.37. The van der Waals surface area contributed by atoms with Crippen molar-refractivity contribution in [1.82, 2.24) is 0 Å². The van der Waals surface area contributed by atoms with E-state index in [2.05, 4.69) is 40.4 Å². The Balaban J connectivity index is 2.49. The van der Waals surface area contributed by atoms with Gasteiger partial charge in [-0.05, 0) is 42.2 Å². The zero-order chi connectivity index (χ0) is 10.8. The van der Waals surface area contributed by atoms with Crippen molar-refractivity contribution in [2.24, 2.45) is 0 Å². The molecule has 2 rings (SSSR count). The van der Waals surface area contributed by atoms with Crippen LogP contribution in [0.25, 0.3) is 11.1 Å². The van der Waals surface area contributed by atoms with Crippen LogP contribution < -0.4 is 5.73 Å². The molecule has 0 fully saturated rings. The van der Waals surface area contributed by atoms with E-state index in [4.69, 9.17) is 5.73 Å². The van der Waals surface area contributed by atoms with Crippen molar-refractivity contribution in [3.63, 3.8) is 0 Å². The number of rotatable bonds is 2. The van der Waals surface area contributed by atoms with Crippen LogP contribution in [0, 0.1) is 6.92 Å². The minimum Gasteiger partial charge on any atom is -0.390 e. The largest absolute Gasteiger partial charge is 0.390 e. The van der Waals surface area contributed by atoms with Gasteiger partial charge in [0.05, 0.1) is 5.00 Å². The zero-order valence-corrected chi connectivity index (χ0v) is 10.6. The predicted octanol–water partition coefficient (Wildman–Crippen LogP) is 4.14. The Kier molecular flexibility index (Phi) is 3.12. The number of benzene rings is 1. The highest BCUT2D eigenvalue weighted by molar-refractivity contribution is 9.10. The molecule has 1 aromatic carbocycles. The third kappa shape index (κ3) is 2.08. The molecule has 0 aliphatic heterocycles. The lowest BCUT2D eigenvalue weighted by Crippen LogP contribution is -1.88. The Labute approximate surface area is 102 Å². The van der Waals surface area contributed by atoms with E-state index < -0.39 is 0 Å². The summed E-state index contributed by atoms with van der Waals surface area (Å²) in [6, 6.07) is 8.25. The topological polar surface area (TPSA) is 26.0 Å². The molecule has 0 aliphatic rings. The quantitative estimate of drug-likeness (QED) is 0.879. The van der Waals surface area contributed by atoms with E-state index in [9.17, 15) is 0 Å². The van der Waals surface area contributed by atoms with E-state index in [1.807, 2.05) is 12.1 Å². The van der Waals surface area contributed by atoms with Crippen LogP contribution in [0.3, 0.4) is 0 Å². The Bertz CT molecular complexity index is 459. The molecule has 0 unspecified atom stereocenters. The molecular weight excluding hydrogens is 270 g/mol. The number of anilines is 1. The van der Waals surface area contributed by atoms with E-state index in [0.717, 1.165) is 21.5 Å². The summed E-state index contributed by atoms with van der Waals surface area (Å²) in [5.41, 5.74) is 9.45. The van der Waals surface area contributed by atoms with Crippen LogP contribution in [0.4, 0.5) is 5.00 Å². The van der Waals surface area contributed by atoms with Gasteiger partial charge in [-0.25, -0.2) is 0 Å². The minimum absolute atomic E-state index is 0.737. The van der Waals surface area contributed by atoms with Gasteiger partial charge in [-0.1, -0.05) is 28.1 Å². The molecule has 2 N–H and O–H groups in total. The summed E-state index contributed by atoms with van der Waals surface area (Å²) in [4.78, 5) is 0. The van der Waals surface area contributed by atoms with Crippen LogP contribution in [0.1, 0.15) is 5.56 Å². The first kappa shape index (κ1) is 10.7. The van der Waals surface area contributed by atoms with Crippen LogP contribution in [0.2, 0.25) is 0 Å². The molecule has 1 heterocycles. The van der Waals surface area contributed by atoms with Gasteiger partial charge in [-0.3, -0.25) is 0 Å². The van der Waals surface area contributed by atoms with Gasteiger partial charge >= 0.3 is 0 Å². The fourth-order valence-electron chi connectivity index (χ4n) is 1.53. The van der Waals surface area contributed by atoms with E-state index in [-0.39, 0.29) is 0 Å². The maximum atomic E-state index is 5.89. The highest BCUT2D eigenvalue weighted by Gasteiger charge is 2.08. The summed E-state index contributed by atoms with van der Waals surface area (Å²) in [7, 11) is 0. The molecule has 0 saturated heterocycles. The van der Waals surface area contributed by atoms with Crippen molar-refractivity contribution < 1.29 is 0 Å². The van der Waals surface area contributed by atoms with Crippen molar-refractivity contribution >= 4 is 32.3 Å². The number of hydrogen-bond acceptors (Lipinski definition) is 2. The van der Waals surface area contributed by atoms with Gasteiger partial charge in [0, 0.05) is 9.85 Å². The van der Waals surface area contributed by atoms with E-state index >= 15 is 0 Å². The molecule has 1 aromatic heterocycles. The van der Waals surface area contributed by atoms with E-state index in [0.29, 0.717) is 0 Å². The van der Waals surface area contributed by atoms with Crippen LogP contribution in [-0.4, -0.2) is 0 Å². The maximum Gasteiger partial charge on any atom is 0.0895 e. The van der Waals surface area contributed by atoms with Gasteiger partial charge in [-0.15, -0.1) is 11.3 Å². The Morgan fingerprint density at radius 2 is 1.93 bits per heavy atom. The first-order valence-corrected chi connectivity index (χ1v) is 6.30. The summed E-state index contributed by atoms with van der Waals surface area (Å²) in [6.45, 7) is 3.91. The average Bonchev–Trinajstić information content (AvgIpc) is 2.61. The Hall–Kier alpha value is -0.800.